The molecule has 21 heavy (non-hydrogen) atoms. The Labute approximate surface area is 123 Å². The van der Waals surface area contributed by atoms with Crippen molar-refractivity contribution in [2.24, 2.45) is 0 Å². The van der Waals surface area contributed by atoms with Crippen LogP contribution in [0.15, 0.2) is 18.2 Å². The molecule has 3 N–H and O–H groups in total. The highest BCUT2D eigenvalue weighted by Crippen LogP contribution is 2.30. The largest absolute Gasteiger partial charge is 0.397 e. The van der Waals surface area contributed by atoms with E-state index in [0.29, 0.717) is 23.7 Å². The molecule has 2 aliphatic heterocycles. The van der Waals surface area contributed by atoms with Crippen LogP contribution in [-0.4, -0.2) is 49.4 Å². The Kier molecular flexibility index (Phi) is 3.45. The van der Waals surface area contributed by atoms with E-state index in [4.69, 9.17) is 5.73 Å². The highest BCUT2D eigenvalue weighted by molar-refractivity contribution is 5.96. The molecule has 0 aromatic heterocycles. The van der Waals surface area contributed by atoms with Crippen LogP contribution in [0.1, 0.15) is 23.2 Å². The van der Waals surface area contributed by atoms with E-state index in [-0.39, 0.29) is 11.8 Å². The van der Waals surface area contributed by atoms with E-state index in [9.17, 15) is 9.59 Å². The summed E-state index contributed by atoms with van der Waals surface area (Å²) in [7, 11) is 1.60. The van der Waals surface area contributed by atoms with Crippen LogP contribution >= 0.6 is 0 Å². The molecule has 6 nitrogen and oxygen atoms in total. The number of fused-ring (bicyclic) bond motifs is 1. The van der Waals surface area contributed by atoms with Gasteiger partial charge in [-0.25, -0.2) is 0 Å². The molecule has 2 saturated heterocycles. The number of nitrogens with two attached hydrogens (primary N) is 1. The SMILES string of the molecule is CNC(=O)c1ccc(N2CCN3C(=O)CCC3C2)c(N)c1. The molecule has 1 atom stereocenters. The van der Waals surface area contributed by atoms with Gasteiger partial charge < -0.3 is 20.9 Å². The summed E-state index contributed by atoms with van der Waals surface area (Å²) in [5.41, 5.74) is 8.22. The van der Waals surface area contributed by atoms with Crippen molar-refractivity contribution in [3.05, 3.63) is 23.8 Å². The first-order valence-corrected chi connectivity index (χ1v) is 7.26. The Morgan fingerprint density at radius 1 is 1.38 bits per heavy atom. The lowest BCUT2D eigenvalue weighted by Crippen LogP contribution is -2.51. The van der Waals surface area contributed by atoms with Crippen LogP contribution in [-0.2, 0) is 4.79 Å². The Balaban J connectivity index is 1.78. The number of nitrogens with one attached hydrogen (secondary N) is 1. The van der Waals surface area contributed by atoms with Crippen molar-refractivity contribution in [2.75, 3.05) is 37.3 Å². The fraction of sp³-hybridized carbons (Fsp3) is 0.467. The molecule has 2 fully saturated rings. The van der Waals surface area contributed by atoms with Gasteiger partial charge in [0, 0.05) is 44.7 Å². The smallest absolute Gasteiger partial charge is 0.251 e. The van der Waals surface area contributed by atoms with Gasteiger partial charge in [0.25, 0.3) is 5.91 Å². The number of benzene rings is 1. The van der Waals surface area contributed by atoms with Crippen molar-refractivity contribution in [2.45, 2.75) is 18.9 Å². The first kappa shape index (κ1) is 13.7. The fourth-order valence-corrected chi connectivity index (χ4v) is 3.21. The van der Waals surface area contributed by atoms with E-state index >= 15 is 0 Å². The van der Waals surface area contributed by atoms with Crippen LogP contribution in [0, 0.1) is 0 Å². The molecule has 0 bridgehead atoms. The first-order valence-electron chi connectivity index (χ1n) is 7.26. The minimum Gasteiger partial charge on any atom is -0.397 e. The molecule has 1 unspecified atom stereocenters. The lowest BCUT2D eigenvalue weighted by Gasteiger charge is -2.39. The van der Waals surface area contributed by atoms with E-state index in [1.54, 1.807) is 19.2 Å². The molecule has 1 aromatic rings. The number of amides is 2. The Morgan fingerprint density at radius 2 is 2.19 bits per heavy atom. The maximum Gasteiger partial charge on any atom is 0.251 e. The molecule has 2 aliphatic rings. The van der Waals surface area contributed by atoms with Crippen LogP contribution in [0.25, 0.3) is 0 Å². The van der Waals surface area contributed by atoms with Gasteiger partial charge in [-0.05, 0) is 24.6 Å². The summed E-state index contributed by atoms with van der Waals surface area (Å²) in [6.07, 6.45) is 1.58. The molecule has 0 spiro atoms. The third-order valence-corrected chi connectivity index (χ3v) is 4.35. The number of hydrogen-bond donors (Lipinski definition) is 2. The molecular weight excluding hydrogens is 268 g/mol. The highest BCUT2D eigenvalue weighted by atomic mass is 16.2. The molecule has 1 aromatic carbocycles. The van der Waals surface area contributed by atoms with Gasteiger partial charge in [0.1, 0.15) is 0 Å². The van der Waals surface area contributed by atoms with Crippen molar-refractivity contribution in [3.63, 3.8) is 0 Å². The van der Waals surface area contributed by atoms with E-state index in [0.717, 1.165) is 31.7 Å². The standard InChI is InChI=1S/C15H20N4O2/c1-17-15(21)10-2-4-13(12(16)8-10)18-6-7-19-11(9-18)3-5-14(19)20/h2,4,8,11H,3,5-7,9,16H2,1H3,(H,17,21). The average molecular weight is 288 g/mol. The number of nitrogens with zero attached hydrogens (tertiary/aromatic N) is 2. The number of nitrogen functional groups attached to an aromatic ring is 1. The third kappa shape index (κ3) is 2.41. The molecular formula is C15H20N4O2. The van der Waals surface area contributed by atoms with Crippen molar-refractivity contribution in [1.29, 1.82) is 0 Å². The second-order valence-corrected chi connectivity index (χ2v) is 5.58. The first-order chi connectivity index (χ1) is 10.1. The zero-order chi connectivity index (χ0) is 15.0. The van der Waals surface area contributed by atoms with Gasteiger partial charge in [-0.15, -0.1) is 0 Å². The van der Waals surface area contributed by atoms with Gasteiger partial charge in [-0.2, -0.15) is 0 Å². The van der Waals surface area contributed by atoms with Crippen LogP contribution in [0.4, 0.5) is 11.4 Å². The Bertz CT molecular complexity index is 587. The van der Waals surface area contributed by atoms with Gasteiger partial charge in [0.15, 0.2) is 0 Å². The number of anilines is 2. The highest BCUT2D eigenvalue weighted by Gasteiger charge is 2.35. The summed E-state index contributed by atoms with van der Waals surface area (Å²) in [5, 5.41) is 2.59. The van der Waals surface area contributed by atoms with Crippen molar-refractivity contribution >= 4 is 23.2 Å². The summed E-state index contributed by atoms with van der Waals surface area (Å²) < 4.78 is 0. The molecule has 0 saturated carbocycles. The normalized spacial score (nSPS) is 21.4. The summed E-state index contributed by atoms with van der Waals surface area (Å²) in [4.78, 5) is 27.5. The minimum absolute atomic E-state index is 0.139. The zero-order valence-corrected chi connectivity index (χ0v) is 12.1. The molecule has 6 heteroatoms. The molecule has 0 radical (unpaired) electrons. The Morgan fingerprint density at radius 3 is 2.90 bits per heavy atom. The van der Waals surface area contributed by atoms with E-state index in [2.05, 4.69) is 10.2 Å². The number of piperazine rings is 1. The van der Waals surface area contributed by atoms with Gasteiger partial charge in [-0.1, -0.05) is 0 Å². The maximum atomic E-state index is 11.7. The van der Waals surface area contributed by atoms with Crippen molar-refractivity contribution in [1.82, 2.24) is 10.2 Å². The summed E-state index contributed by atoms with van der Waals surface area (Å²) in [6.45, 7) is 2.35. The van der Waals surface area contributed by atoms with Crippen LogP contribution < -0.4 is 16.0 Å². The third-order valence-electron chi connectivity index (χ3n) is 4.35. The molecule has 2 amide bonds. The zero-order valence-electron chi connectivity index (χ0n) is 12.1. The van der Waals surface area contributed by atoms with E-state index in [1.165, 1.54) is 0 Å². The van der Waals surface area contributed by atoms with Gasteiger partial charge >= 0.3 is 0 Å². The molecule has 2 heterocycles. The van der Waals surface area contributed by atoms with Crippen LogP contribution in [0.2, 0.25) is 0 Å². The van der Waals surface area contributed by atoms with Gasteiger partial charge in [-0.3, -0.25) is 9.59 Å². The van der Waals surface area contributed by atoms with Crippen molar-refractivity contribution in [3.8, 4) is 0 Å². The number of carbonyl (C=O) groups excluding carboxylic acids is 2. The van der Waals surface area contributed by atoms with E-state index in [1.807, 2.05) is 11.0 Å². The summed E-state index contributed by atoms with van der Waals surface area (Å²) >= 11 is 0. The minimum atomic E-state index is -0.139. The van der Waals surface area contributed by atoms with E-state index < -0.39 is 0 Å². The predicted octanol–water partition coefficient (Wildman–Crippen LogP) is 0.439. The Hall–Kier alpha value is -2.24. The second-order valence-electron chi connectivity index (χ2n) is 5.58. The summed E-state index contributed by atoms with van der Waals surface area (Å²) in [5.74, 6) is 0.127. The number of carbonyl (C=O) groups is 2. The maximum absolute atomic E-state index is 11.7. The lowest BCUT2D eigenvalue weighted by atomic mass is 10.1. The van der Waals surface area contributed by atoms with Crippen LogP contribution in [0.5, 0.6) is 0 Å². The molecule has 112 valence electrons. The fourth-order valence-electron chi connectivity index (χ4n) is 3.21. The average Bonchev–Trinajstić information content (AvgIpc) is 2.87. The predicted molar refractivity (Wildman–Crippen MR) is 81.2 cm³/mol. The number of rotatable bonds is 2. The van der Waals surface area contributed by atoms with Crippen LogP contribution in [0.3, 0.4) is 0 Å². The monoisotopic (exact) mass is 288 g/mol. The summed E-state index contributed by atoms with van der Waals surface area (Å²) in [6, 6.07) is 5.69. The quantitative estimate of drug-likeness (QED) is 0.774. The second kappa shape index (κ2) is 5.27. The molecule has 0 aliphatic carbocycles. The number of hydrogen-bond acceptors (Lipinski definition) is 4. The lowest BCUT2D eigenvalue weighted by molar-refractivity contribution is -0.129. The molecule has 3 rings (SSSR count). The van der Waals surface area contributed by atoms with Gasteiger partial charge in [0.2, 0.25) is 5.91 Å². The van der Waals surface area contributed by atoms with Gasteiger partial charge in [0.05, 0.1) is 11.4 Å². The van der Waals surface area contributed by atoms with Crippen molar-refractivity contribution < 1.29 is 9.59 Å². The topological polar surface area (TPSA) is 78.7 Å².